The molecule has 1 aliphatic rings. The summed E-state index contributed by atoms with van der Waals surface area (Å²) in [4.78, 5) is 25.6. The van der Waals surface area contributed by atoms with Crippen LogP contribution >= 0.6 is 0 Å². The number of piperazine rings is 1. The van der Waals surface area contributed by atoms with Crippen LogP contribution in [0.15, 0.2) is 0 Å². The quantitative estimate of drug-likeness (QED) is 0.556. The van der Waals surface area contributed by atoms with Crippen molar-refractivity contribution < 1.29 is 9.59 Å². The highest BCUT2D eigenvalue weighted by atomic mass is 16.2. The van der Waals surface area contributed by atoms with E-state index in [1.165, 1.54) is 4.90 Å². The third-order valence-electron chi connectivity index (χ3n) is 1.99. The van der Waals surface area contributed by atoms with E-state index in [0.29, 0.717) is 13.1 Å². The van der Waals surface area contributed by atoms with Crippen LogP contribution in [0.5, 0.6) is 0 Å². The van der Waals surface area contributed by atoms with Gasteiger partial charge in [0.1, 0.15) is 0 Å². The molecule has 0 aromatic carbocycles. The Morgan fingerprint density at radius 1 is 1.13 bits per heavy atom. The molecule has 0 aromatic heterocycles. The molecule has 1 aliphatic heterocycles. The largest absolute Gasteiger partial charge is 0.341 e. The number of hydrogen-bond donors (Lipinski definition) is 1. The van der Waals surface area contributed by atoms with E-state index in [1.807, 2.05) is 13.8 Å². The van der Waals surface area contributed by atoms with Gasteiger partial charge in [0.25, 0.3) is 0 Å². The Labute approximate surface area is 91.4 Å². The van der Waals surface area contributed by atoms with Crippen molar-refractivity contribution in [3.05, 3.63) is 0 Å². The maximum Gasteiger partial charge on any atom is 0.312 e. The molecule has 5 nitrogen and oxygen atoms in total. The molecule has 0 unspecified atom stereocenters. The van der Waals surface area contributed by atoms with Gasteiger partial charge in [0.2, 0.25) is 0 Å². The Kier molecular flexibility index (Phi) is 6.70. The maximum absolute atomic E-state index is 11.4. The van der Waals surface area contributed by atoms with Crippen LogP contribution in [0.3, 0.4) is 0 Å². The molecular formula is C10H21N3O2. The molecule has 1 rings (SSSR count). The van der Waals surface area contributed by atoms with Gasteiger partial charge in [-0.2, -0.15) is 0 Å². The first kappa shape index (κ1) is 13.9. The monoisotopic (exact) mass is 215 g/mol. The molecule has 0 atom stereocenters. The van der Waals surface area contributed by atoms with Crippen LogP contribution in [0.2, 0.25) is 0 Å². The molecule has 1 heterocycles. The number of carbonyl (C=O) groups is 2. The van der Waals surface area contributed by atoms with E-state index in [0.717, 1.165) is 13.1 Å². The fraction of sp³-hybridized carbons (Fsp3) is 0.800. The van der Waals surface area contributed by atoms with Gasteiger partial charge in [-0.05, 0) is 0 Å². The summed E-state index contributed by atoms with van der Waals surface area (Å²) in [5, 5.41) is 3.12. The highest BCUT2D eigenvalue weighted by Crippen LogP contribution is 1.95. The zero-order chi connectivity index (χ0) is 11.8. The molecular weight excluding hydrogens is 194 g/mol. The molecule has 1 fully saturated rings. The Morgan fingerprint density at radius 3 is 2.00 bits per heavy atom. The van der Waals surface area contributed by atoms with Crippen LogP contribution in [0.1, 0.15) is 13.8 Å². The summed E-state index contributed by atoms with van der Waals surface area (Å²) in [5.74, 6) is -0.839. The van der Waals surface area contributed by atoms with Crippen LogP contribution in [0, 0.1) is 0 Å². The van der Waals surface area contributed by atoms with Gasteiger partial charge in [0.15, 0.2) is 0 Å². The Morgan fingerprint density at radius 2 is 1.60 bits per heavy atom. The SMILES string of the molecule is CC.CN(C)C(=O)C(=O)N1CCNCC1. The van der Waals surface area contributed by atoms with Crippen LogP contribution in [-0.2, 0) is 9.59 Å². The predicted octanol–water partition coefficient (Wildman–Crippen LogP) is -0.467. The van der Waals surface area contributed by atoms with Crippen LogP contribution in [0.4, 0.5) is 0 Å². The molecule has 0 bridgehead atoms. The molecule has 2 amide bonds. The molecule has 0 saturated carbocycles. The van der Waals surface area contributed by atoms with Gasteiger partial charge in [0, 0.05) is 40.3 Å². The lowest BCUT2D eigenvalue weighted by molar-refractivity contribution is -0.150. The highest BCUT2D eigenvalue weighted by molar-refractivity contribution is 6.34. The van der Waals surface area contributed by atoms with Crippen LogP contribution in [0.25, 0.3) is 0 Å². The molecule has 15 heavy (non-hydrogen) atoms. The molecule has 1 N–H and O–H groups in total. The minimum atomic E-state index is -0.443. The van der Waals surface area contributed by atoms with E-state index in [1.54, 1.807) is 19.0 Å². The smallest absolute Gasteiger partial charge is 0.312 e. The molecule has 1 saturated heterocycles. The highest BCUT2D eigenvalue weighted by Gasteiger charge is 2.23. The molecule has 5 heteroatoms. The lowest BCUT2D eigenvalue weighted by Crippen LogP contribution is -2.50. The molecule has 0 aliphatic carbocycles. The molecule has 0 radical (unpaired) electrons. The van der Waals surface area contributed by atoms with Crippen molar-refractivity contribution in [3.63, 3.8) is 0 Å². The second kappa shape index (κ2) is 7.23. The molecule has 0 aromatic rings. The van der Waals surface area contributed by atoms with Crippen molar-refractivity contribution in [2.45, 2.75) is 13.8 Å². The first-order valence-electron chi connectivity index (χ1n) is 5.34. The van der Waals surface area contributed by atoms with Gasteiger partial charge in [-0.15, -0.1) is 0 Å². The number of likely N-dealkylation sites (N-methyl/N-ethyl adjacent to an activating group) is 1. The van der Waals surface area contributed by atoms with E-state index in [9.17, 15) is 9.59 Å². The summed E-state index contributed by atoms with van der Waals surface area (Å²) in [7, 11) is 3.17. The summed E-state index contributed by atoms with van der Waals surface area (Å²) >= 11 is 0. The maximum atomic E-state index is 11.4. The second-order valence-corrected chi connectivity index (χ2v) is 3.24. The minimum Gasteiger partial charge on any atom is -0.341 e. The summed E-state index contributed by atoms with van der Waals surface area (Å²) in [6, 6.07) is 0. The number of nitrogens with one attached hydrogen (secondary N) is 1. The summed E-state index contributed by atoms with van der Waals surface area (Å²) < 4.78 is 0. The number of rotatable bonds is 0. The fourth-order valence-corrected chi connectivity index (χ4v) is 1.19. The Hall–Kier alpha value is -1.10. The second-order valence-electron chi connectivity index (χ2n) is 3.24. The van der Waals surface area contributed by atoms with Gasteiger partial charge >= 0.3 is 11.8 Å². The number of carbonyl (C=O) groups excluding carboxylic acids is 2. The lowest BCUT2D eigenvalue weighted by Gasteiger charge is -2.27. The van der Waals surface area contributed by atoms with Crippen molar-refractivity contribution in [3.8, 4) is 0 Å². The number of amides is 2. The summed E-state index contributed by atoms with van der Waals surface area (Å²) in [6.07, 6.45) is 0. The van der Waals surface area contributed by atoms with Crippen molar-refractivity contribution in [1.29, 1.82) is 0 Å². The van der Waals surface area contributed by atoms with Crippen LogP contribution < -0.4 is 5.32 Å². The van der Waals surface area contributed by atoms with Crippen molar-refractivity contribution in [2.75, 3.05) is 40.3 Å². The van der Waals surface area contributed by atoms with Gasteiger partial charge in [-0.1, -0.05) is 13.8 Å². The van der Waals surface area contributed by atoms with E-state index < -0.39 is 11.8 Å². The van der Waals surface area contributed by atoms with Gasteiger partial charge in [0.05, 0.1) is 0 Å². The van der Waals surface area contributed by atoms with Crippen molar-refractivity contribution >= 4 is 11.8 Å². The van der Waals surface area contributed by atoms with E-state index in [2.05, 4.69) is 5.32 Å². The number of hydrogen-bond acceptors (Lipinski definition) is 3. The first-order chi connectivity index (χ1) is 7.13. The third-order valence-corrected chi connectivity index (χ3v) is 1.99. The standard InChI is InChI=1S/C8H15N3O2.C2H6/c1-10(2)7(12)8(13)11-5-3-9-4-6-11;1-2/h9H,3-6H2,1-2H3;1-2H3. The van der Waals surface area contributed by atoms with Gasteiger partial charge in [-0.25, -0.2) is 0 Å². The fourth-order valence-electron chi connectivity index (χ4n) is 1.19. The lowest BCUT2D eigenvalue weighted by atomic mass is 10.3. The summed E-state index contributed by atoms with van der Waals surface area (Å²) in [6.45, 7) is 6.79. The summed E-state index contributed by atoms with van der Waals surface area (Å²) in [5.41, 5.74) is 0. The number of nitrogens with zero attached hydrogens (tertiary/aromatic N) is 2. The average Bonchev–Trinajstić information content (AvgIpc) is 2.31. The topological polar surface area (TPSA) is 52.7 Å². The van der Waals surface area contributed by atoms with E-state index in [-0.39, 0.29) is 0 Å². The zero-order valence-corrected chi connectivity index (χ0v) is 10.0. The molecule has 88 valence electrons. The van der Waals surface area contributed by atoms with E-state index >= 15 is 0 Å². The predicted molar refractivity (Wildman–Crippen MR) is 59.5 cm³/mol. The molecule has 0 spiro atoms. The van der Waals surface area contributed by atoms with Crippen molar-refractivity contribution in [2.24, 2.45) is 0 Å². The van der Waals surface area contributed by atoms with Crippen molar-refractivity contribution in [1.82, 2.24) is 15.1 Å². The third kappa shape index (κ3) is 4.29. The zero-order valence-electron chi connectivity index (χ0n) is 10.0. The first-order valence-corrected chi connectivity index (χ1v) is 5.34. The Balaban J connectivity index is 0.000000921. The van der Waals surface area contributed by atoms with Gasteiger partial charge in [-0.3, -0.25) is 9.59 Å². The Bertz CT molecular complexity index is 211. The van der Waals surface area contributed by atoms with Gasteiger partial charge < -0.3 is 15.1 Å². The minimum absolute atomic E-state index is 0.397. The normalized spacial score (nSPS) is 15.1. The average molecular weight is 215 g/mol. The van der Waals surface area contributed by atoms with E-state index in [4.69, 9.17) is 0 Å². The van der Waals surface area contributed by atoms with Crippen LogP contribution in [-0.4, -0.2) is 61.9 Å².